The molecule has 20 heavy (non-hydrogen) atoms. The molecule has 0 unspecified atom stereocenters. The van der Waals surface area contributed by atoms with Crippen LogP contribution in [0.3, 0.4) is 0 Å². The molecule has 0 spiro atoms. The summed E-state index contributed by atoms with van der Waals surface area (Å²) >= 11 is 0. The first kappa shape index (κ1) is 13.8. The Labute approximate surface area is 114 Å². The highest BCUT2D eigenvalue weighted by Crippen LogP contribution is 2.18. The Balaban J connectivity index is 2.26. The van der Waals surface area contributed by atoms with Crippen LogP contribution in [0.15, 0.2) is 47.1 Å². The first-order valence-corrected chi connectivity index (χ1v) is 5.97. The Morgan fingerprint density at radius 3 is 2.45 bits per heavy atom. The second-order valence-corrected chi connectivity index (χ2v) is 4.13. The largest absolute Gasteiger partial charge is 0.459 e. The zero-order chi connectivity index (χ0) is 14.5. The molecule has 0 saturated heterocycles. The molecule has 6 heteroatoms. The van der Waals surface area contributed by atoms with Gasteiger partial charge < -0.3 is 15.1 Å². The van der Waals surface area contributed by atoms with E-state index < -0.39 is 17.6 Å². The topological polar surface area (TPSA) is 76.5 Å². The molecule has 2 rings (SSSR count). The summed E-state index contributed by atoms with van der Waals surface area (Å²) in [6, 6.07) is 8.49. The predicted octanol–water partition coefficient (Wildman–Crippen LogP) is 1.94. The summed E-state index contributed by atoms with van der Waals surface area (Å²) in [5, 5.41) is 0. The fourth-order valence-corrected chi connectivity index (χ4v) is 1.72. The van der Waals surface area contributed by atoms with Crippen LogP contribution >= 0.6 is 0 Å². The van der Waals surface area contributed by atoms with Crippen LogP contribution in [0.5, 0.6) is 0 Å². The Morgan fingerprint density at radius 2 is 1.90 bits per heavy atom. The van der Waals surface area contributed by atoms with Crippen LogP contribution in [0, 0.1) is 5.82 Å². The third-order valence-corrected chi connectivity index (χ3v) is 2.70. The first-order valence-electron chi connectivity index (χ1n) is 5.97. The van der Waals surface area contributed by atoms with E-state index in [9.17, 15) is 14.0 Å². The van der Waals surface area contributed by atoms with Crippen molar-refractivity contribution in [2.24, 2.45) is 5.73 Å². The van der Waals surface area contributed by atoms with E-state index in [1.54, 1.807) is 6.07 Å². The fourth-order valence-electron chi connectivity index (χ4n) is 1.72. The predicted molar refractivity (Wildman–Crippen MR) is 70.6 cm³/mol. The molecule has 0 aliphatic rings. The lowest BCUT2D eigenvalue weighted by Crippen LogP contribution is -2.33. The highest BCUT2D eigenvalue weighted by Gasteiger charge is 2.20. The number of carbonyl (C=O) groups excluding carboxylic acids is 2. The summed E-state index contributed by atoms with van der Waals surface area (Å²) < 4.78 is 18.0. The van der Waals surface area contributed by atoms with E-state index >= 15 is 0 Å². The third kappa shape index (κ3) is 3.23. The monoisotopic (exact) mass is 276 g/mol. The van der Waals surface area contributed by atoms with Gasteiger partial charge in [0.1, 0.15) is 5.82 Å². The summed E-state index contributed by atoms with van der Waals surface area (Å²) in [4.78, 5) is 24.5. The second-order valence-electron chi connectivity index (χ2n) is 4.13. The smallest absolute Gasteiger partial charge is 0.293 e. The van der Waals surface area contributed by atoms with Crippen LogP contribution in [0.25, 0.3) is 0 Å². The van der Waals surface area contributed by atoms with Gasteiger partial charge in [-0.2, -0.15) is 0 Å². The molecule has 2 N–H and O–H groups in total. The lowest BCUT2D eigenvalue weighted by atomic mass is 10.2. The molecule has 1 heterocycles. The van der Waals surface area contributed by atoms with Crippen LogP contribution in [-0.2, 0) is 4.79 Å². The maximum atomic E-state index is 12.9. The van der Waals surface area contributed by atoms with Gasteiger partial charge in [-0.25, -0.2) is 4.39 Å². The number of carbonyl (C=O) groups is 2. The Morgan fingerprint density at radius 1 is 1.20 bits per heavy atom. The third-order valence-electron chi connectivity index (χ3n) is 2.70. The molecule has 0 fully saturated rings. The minimum atomic E-state index is -0.524. The molecule has 0 aliphatic heterocycles. The van der Waals surface area contributed by atoms with Crippen molar-refractivity contribution in [1.82, 2.24) is 0 Å². The van der Waals surface area contributed by atoms with Crippen LogP contribution in [0.1, 0.15) is 17.0 Å². The molecule has 0 aliphatic carbocycles. The summed E-state index contributed by atoms with van der Waals surface area (Å²) in [6.07, 6.45) is 1.38. The minimum Gasteiger partial charge on any atom is -0.459 e. The van der Waals surface area contributed by atoms with E-state index in [0.717, 1.165) is 0 Å². The SMILES string of the molecule is NC(=O)CCN(C(=O)c1ccco1)c1ccc(F)cc1. The molecule has 0 saturated carbocycles. The summed E-state index contributed by atoms with van der Waals surface area (Å²) in [6.45, 7) is 0.0977. The maximum absolute atomic E-state index is 12.9. The van der Waals surface area contributed by atoms with Gasteiger partial charge >= 0.3 is 0 Å². The van der Waals surface area contributed by atoms with E-state index in [2.05, 4.69) is 0 Å². The van der Waals surface area contributed by atoms with Crippen LogP contribution in [-0.4, -0.2) is 18.4 Å². The van der Waals surface area contributed by atoms with Crippen molar-refractivity contribution < 1.29 is 18.4 Å². The molecule has 5 nitrogen and oxygen atoms in total. The number of benzene rings is 1. The molecular weight excluding hydrogens is 263 g/mol. The van der Waals surface area contributed by atoms with Gasteiger partial charge in [-0.1, -0.05) is 0 Å². The van der Waals surface area contributed by atoms with Crippen molar-refractivity contribution in [3.63, 3.8) is 0 Å². The van der Waals surface area contributed by atoms with Crippen molar-refractivity contribution in [3.8, 4) is 0 Å². The van der Waals surface area contributed by atoms with Gasteiger partial charge in [0.25, 0.3) is 5.91 Å². The number of halogens is 1. The molecule has 1 aromatic heterocycles. The van der Waals surface area contributed by atoms with Crippen molar-refractivity contribution in [1.29, 1.82) is 0 Å². The van der Waals surface area contributed by atoms with E-state index in [-0.39, 0.29) is 18.7 Å². The number of nitrogens with zero attached hydrogens (tertiary/aromatic N) is 1. The molecule has 0 atom stereocenters. The number of nitrogens with two attached hydrogens (primary N) is 1. The first-order chi connectivity index (χ1) is 9.58. The Bertz CT molecular complexity index is 593. The van der Waals surface area contributed by atoms with Gasteiger partial charge in [0.2, 0.25) is 5.91 Å². The van der Waals surface area contributed by atoms with Crippen molar-refractivity contribution >= 4 is 17.5 Å². The van der Waals surface area contributed by atoms with E-state index in [1.165, 1.54) is 41.5 Å². The maximum Gasteiger partial charge on any atom is 0.293 e. The molecule has 0 radical (unpaired) electrons. The van der Waals surface area contributed by atoms with Gasteiger partial charge in [-0.15, -0.1) is 0 Å². The van der Waals surface area contributed by atoms with Gasteiger partial charge in [0.15, 0.2) is 5.76 Å². The zero-order valence-corrected chi connectivity index (χ0v) is 10.6. The number of hydrogen-bond acceptors (Lipinski definition) is 3. The van der Waals surface area contributed by atoms with Gasteiger partial charge in [-0.05, 0) is 36.4 Å². The summed E-state index contributed by atoms with van der Waals surface area (Å²) in [7, 11) is 0. The standard InChI is InChI=1S/C14H13FN2O3/c15-10-3-5-11(6-4-10)17(8-7-13(16)18)14(19)12-2-1-9-20-12/h1-6,9H,7-8H2,(H2,16,18). The zero-order valence-electron chi connectivity index (χ0n) is 10.6. The van der Waals surface area contributed by atoms with E-state index in [0.29, 0.717) is 5.69 Å². The molecule has 2 aromatic rings. The van der Waals surface area contributed by atoms with Crippen molar-refractivity contribution in [2.75, 3.05) is 11.4 Å². The van der Waals surface area contributed by atoms with Gasteiger partial charge in [-0.3, -0.25) is 9.59 Å². The molecule has 1 aromatic carbocycles. The molecule has 104 valence electrons. The average molecular weight is 276 g/mol. The van der Waals surface area contributed by atoms with E-state index in [1.807, 2.05) is 0 Å². The molecular formula is C14H13FN2O3. The number of furan rings is 1. The average Bonchev–Trinajstić information content (AvgIpc) is 2.94. The van der Waals surface area contributed by atoms with Crippen LogP contribution in [0.2, 0.25) is 0 Å². The number of anilines is 1. The number of hydrogen-bond donors (Lipinski definition) is 1. The second kappa shape index (κ2) is 6.01. The van der Waals surface area contributed by atoms with Crippen LogP contribution < -0.4 is 10.6 Å². The highest BCUT2D eigenvalue weighted by atomic mass is 19.1. The summed E-state index contributed by atoms with van der Waals surface area (Å²) in [5.74, 6) is -1.21. The normalized spacial score (nSPS) is 10.2. The summed E-state index contributed by atoms with van der Waals surface area (Å²) in [5.41, 5.74) is 5.57. The van der Waals surface area contributed by atoms with Gasteiger partial charge in [0.05, 0.1) is 6.26 Å². The quantitative estimate of drug-likeness (QED) is 0.906. The van der Waals surface area contributed by atoms with Crippen LogP contribution in [0.4, 0.5) is 10.1 Å². The van der Waals surface area contributed by atoms with Gasteiger partial charge in [0, 0.05) is 18.7 Å². The lowest BCUT2D eigenvalue weighted by molar-refractivity contribution is -0.117. The van der Waals surface area contributed by atoms with Crippen molar-refractivity contribution in [3.05, 3.63) is 54.2 Å². The number of amides is 2. The minimum absolute atomic E-state index is 0.00379. The molecule has 0 bridgehead atoms. The fraction of sp³-hybridized carbons (Fsp3) is 0.143. The Kier molecular flexibility index (Phi) is 4.14. The number of rotatable bonds is 5. The Hall–Kier alpha value is -2.63. The number of primary amides is 1. The lowest BCUT2D eigenvalue weighted by Gasteiger charge is -2.21. The highest BCUT2D eigenvalue weighted by molar-refractivity contribution is 6.04. The van der Waals surface area contributed by atoms with Crippen molar-refractivity contribution in [2.45, 2.75) is 6.42 Å². The van der Waals surface area contributed by atoms with E-state index in [4.69, 9.17) is 10.2 Å². The molecule has 2 amide bonds.